The third kappa shape index (κ3) is 6.04. The molecular weight excluding hydrogens is 521 g/mol. The molecule has 3 aromatic carbocycles. The third-order valence-corrected chi connectivity index (χ3v) is 7.63. The van der Waals surface area contributed by atoms with E-state index in [9.17, 15) is 22.4 Å². The molecule has 1 aromatic heterocycles. The monoisotopic (exact) mass is 543 g/mol. The number of carbonyl (C=O) groups is 2. The highest BCUT2D eigenvalue weighted by molar-refractivity contribution is 7.92. The summed E-state index contributed by atoms with van der Waals surface area (Å²) in [6.07, 6.45) is 0. The molecule has 0 bridgehead atoms. The fourth-order valence-electron chi connectivity index (χ4n) is 3.42. The number of rotatable bonds is 8. The Morgan fingerprint density at radius 1 is 1.05 bits per heavy atom. The second-order valence-corrected chi connectivity index (χ2v) is 10.4. The summed E-state index contributed by atoms with van der Waals surface area (Å²) in [5, 5.41) is 0. The second-order valence-electron chi connectivity index (χ2n) is 7.66. The van der Waals surface area contributed by atoms with Gasteiger partial charge in [0.1, 0.15) is 18.1 Å². The van der Waals surface area contributed by atoms with Crippen molar-refractivity contribution in [2.75, 3.05) is 18.4 Å². The van der Waals surface area contributed by atoms with E-state index >= 15 is 0 Å². The number of nitrogens with zero attached hydrogens (tertiary/aromatic N) is 2. The molecule has 0 aliphatic carbocycles. The zero-order valence-corrected chi connectivity index (χ0v) is 21.4. The first-order valence-electron chi connectivity index (χ1n) is 11.0. The first-order chi connectivity index (χ1) is 17.7. The van der Waals surface area contributed by atoms with Crippen LogP contribution in [0.25, 0.3) is 10.2 Å². The maximum absolute atomic E-state index is 13.7. The molecule has 12 heteroatoms. The molecule has 4 aromatic rings. The fraction of sp³-hybridized carbons (Fsp3) is 0.160. The Morgan fingerprint density at radius 2 is 1.76 bits per heavy atom. The van der Waals surface area contributed by atoms with E-state index < -0.39 is 27.7 Å². The maximum Gasteiger partial charge on any atom is 0.326 e. The predicted molar refractivity (Wildman–Crippen MR) is 137 cm³/mol. The lowest BCUT2D eigenvalue weighted by Crippen LogP contribution is -2.23. The Labute approximate surface area is 215 Å². The van der Waals surface area contributed by atoms with Crippen LogP contribution in [-0.2, 0) is 26.1 Å². The van der Waals surface area contributed by atoms with Crippen LogP contribution < -0.4 is 14.3 Å². The Bertz CT molecular complexity index is 1630. The molecule has 0 atom stereocenters. The van der Waals surface area contributed by atoms with E-state index in [0.29, 0.717) is 16.0 Å². The molecule has 0 aliphatic rings. The fourth-order valence-corrected chi connectivity index (χ4v) is 5.53. The summed E-state index contributed by atoms with van der Waals surface area (Å²) in [4.78, 5) is 29.4. The third-order valence-electron chi connectivity index (χ3n) is 5.19. The zero-order chi connectivity index (χ0) is 26.6. The number of hydrogen-bond donors (Lipinski definition) is 1. The summed E-state index contributed by atoms with van der Waals surface area (Å²) in [5.41, 5.74) is 0.982. The lowest BCUT2D eigenvalue weighted by molar-refractivity contribution is -0.143. The van der Waals surface area contributed by atoms with Crippen LogP contribution in [0.1, 0.15) is 17.3 Å². The molecule has 1 N–H and O–H groups in total. The van der Waals surface area contributed by atoms with Crippen molar-refractivity contribution in [2.24, 2.45) is 4.99 Å². The molecule has 1 heterocycles. The summed E-state index contributed by atoms with van der Waals surface area (Å²) in [6, 6.07) is 15.7. The number of halogens is 1. The molecule has 0 spiro atoms. The molecule has 0 radical (unpaired) electrons. The molecule has 0 aliphatic heterocycles. The quantitative estimate of drug-likeness (QED) is 0.337. The Balaban J connectivity index is 1.59. The number of sulfonamides is 1. The van der Waals surface area contributed by atoms with Gasteiger partial charge in [0, 0.05) is 11.3 Å². The Hall–Kier alpha value is -4.03. The number of fused-ring (bicyclic) bond motifs is 1. The standard InChI is InChI=1S/C25H22FN3O6S2/c1-3-35-23(30)15-29-21-13-6-17(26)14-22(21)36-25(29)27-24(31)16-4-7-18(8-5-16)28-37(32,33)20-11-9-19(34-2)10-12-20/h4-14,28H,3,15H2,1-2H3. The van der Waals surface area contributed by atoms with Gasteiger partial charge in [-0.3, -0.25) is 14.3 Å². The summed E-state index contributed by atoms with van der Waals surface area (Å²) in [7, 11) is -2.37. The highest BCUT2D eigenvalue weighted by Crippen LogP contribution is 2.21. The molecule has 4 rings (SSSR count). The van der Waals surface area contributed by atoms with Gasteiger partial charge in [-0.15, -0.1) is 0 Å². The van der Waals surface area contributed by atoms with Crippen molar-refractivity contribution in [3.63, 3.8) is 0 Å². The normalized spacial score (nSPS) is 11.9. The van der Waals surface area contributed by atoms with Crippen molar-refractivity contribution in [1.29, 1.82) is 0 Å². The number of methoxy groups -OCH3 is 1. The van der Waals surface area contributed by atoms with Gasteiger partial charge in [0.05, 0.1) is 28.8 Å². The molecule has 0 fully saturated rings. The minimum Gasteiger partial charge on any atom is -0.497 e. The number of ether oxygens (including phenoxy) is 2. The van der Waals surface area contributed by atoms with Gasteiger partial charge >= 0.3 is 5.97 Å². The number of hydrogen-bond acceptors (Lipinski definition) is 7. The summed E-state index contributed by atoms with van der Waals surface area (Å²) in [5.74, 6) is -1.07. The number of nitrogens with one attached hydrogen (secondary N) is 1. The van der Waals surface area contributed by atoms with Crippen molar-refractivity contribution in [2.45, 2.75) is 18.4 Å². The summed E-state index contributed by atoms with van der Waals surface area (Å²) < 4.78 is 53.5. The highest BCUT2D eigenvalue weighted by atomic mass is 32.2. The van der Waals surface area contributed by atoms with Crippen molar-refractivity contribution >= 4 is 49.1 Å². The molecule has 37 heavy (non-hydrogen) atoms. The molecule has 9 nitrogen and oxygen atoms in total. The lowest BCUT2D eigenvalue weighted by atomic mass is 10.2. The van der Waals surface area contributed by atoms with E-state index in [-0.39, 0.29) is 34.1 Å². The van der Waals surface area contributed by atoms with Crippen LogP contribution in [0.15, 0.2) is 76.6 Å². The number of thiazole rings is 1. The molecule has 0 unspecified atom stereocenters. The van der Waals surface area contributed by atoms with E-state index in [0.717, 1.165) is 11.3 Å². The number of aromatic nitrogens is 1. The number of carbonyl (C=O) groups excluding carboxylic acids is 2. The van der Waals surface area contributed by atoms with Crippen LogP contribution >= 0.6 is 11.3 Å². The van der Waals surface area contributed by atoms with Crippen LogP contribution in [0.5, 0.6) is 5.75 Å². The predicted octanol–water partition coefficient (Wildman–Crippen LogP) is 3.96. The van der Waals surface area contributed by atoms with Crippen molar-refractivity contribution in [1.82, 2.24) is 4.57 Å². The van der Waals surface area contributed by atoms with Crippen molar-refractivity contribution < 1.29 is 31.9 Å². The van der Waals surface area contributed by atoms with Crippen LogP contribution in [-0.4, -0.2) is 38.6 Å². The van der Waals surface area contributed by atoms with Gasteiger partial charge in [0.15, 0.2) is 4.80 Å². The average molecular weight is 544 g/mol. The van der Waals surface area contributed by atoms with E-state index in [4.69, 9.17) is 9.47 Å². The molecule has 0 saturated carbocycles. The average Bonchev–Trinajstić information content (AvgIpc) is 3.19. The number of esters is 1. The largest absolute Gasteiger partial charge is 0.497 e. The Morgan fingerprint density at radius 3 is 2.41 bits per heavy atom. The van der Waals surface area contributed by atoms with E-state index in [1.807, 2.05) is 0 Å². The molecule has 0 saturated heterocycles. The second kappa shape index (κ2) is 10.9. The van der Waals surface area contributed by atoms with Crippen molar-refractivity contribution in [3.8, 4) is 5.75 Å². The number of benzene rings is 3. The summed E-state index contributed by atoms with van der Waals surface area (Å²) >= 11 is 1.06. The minimum atomic E-state index is -3.85. The van der Waals surface area contributed by atoms with Gasteiger partial charge in [0.25, 0.3) is 15.9 Å². The number of anilines is 1. The highest BCUT2D eigenvalue weighted by Gasteiger charge is 2.16. The first-order valence-corrected chi connectivity index (χ1v) is 13.3. The van der Waals surface area contributed by atoms with Crippen LogP contribution in [0.2, 0.25) is 0 Å². The van der Waals surface area contributed by atoms with Crippen LogP contribution in [0.3, 0.4) is 0 Å². The van der Waals surface area contributed by atoms with Gasteiger partial charge in [-0.05, 0) is 73.7 Å². The van der Waals surface area contributed by atoms with E-state index in [2.05, 4.69) is 9.71 Å². The minimum absolute atomic E-state index is 0.0517. The van der Waals surface area contributed by atoms with Gasteiger partial charge in [-0.25, -0.2) is 12.8 Å². The molecule has 192 valence electrons. The van der Waals surface area contributed by atoms with Gasteiger partial charge in [-0.2, -0.15) is 4.99 Å². The van der Waals surface area contributed by atoms with Crippen LogP contribution in [0.4, 0.5) is 10.1 Å². The SMILES string of the molecule is CCOC(=O)Cn1c(=NC(=O)c2ccc(NS(=O)(=O)c3ccc(OC)cc3)cc2)sc2cc(F)ccc21. The molecule has 1 amide bonds. The van der Waals surface area contributed by atoms with Gasteiger partial charge < -0.3 is 14.0 Å². The summed E-state index contributed by atoms with van der Waals surface area (Å²) in [6.45, 7) is 1.67. The maximum atomic E-state index is 13.7. The topological polar surface area (TPSA) is 116 Å². The van der Waals surface area contributed by atoms with Gasteiger partial charge in [0.2, 0.25) is 0 Å². The lowest BCUT2D eigenvalue weighted by Gasteiger charge is -2.09. The van der Waals surface area contributed by atoms with E-state index in [1.54, 1.807) is 6.92 Å². The smallest absolute Gasteiger partial charge is 0.326 e. The van der Waals surface area contributed by atoms with Gasteiger partial charge in [-0.1, -0.05) is 11.3 Å². The number of amides is 1. The van der Waals surface area contributed by atoms with Crippen molar-refractivity contribution in [3.05, 3.63) is 82.9 Å². The molecular formula is C25H22FN3O6S2. The van der Waals surface area contributed by atoms with E-state index in [1.165, 1.54) is 78.4 Å². The zero-order valence-electron chi connectivity index (χ0n) is 19.8. The Kier molecular flexibility index (Phi) is 7.69. The first kappa shape index (κ1) is 26.0. The van der Waals surface area contributed by atoms with Crippen LogP contribution in [0, 0.1) is 5.82 Å².